The molecule has 2 rings (SSSR count). The Morgan fingerprint density at radius 1 is 1.08 bits per heavy atom. The molecule has 0 amide bonds. The van der Waals surface area contributed by atoms with Gasteiger partial charge in [0.15, 0.2) is 5.96 Å². The van der Waals surface area contributed by atoms with Crippen LogP contribution in [0.1, 0.15) is 12.0 Å². The van der Waals surface area contributed by atoms with Gasteiger partial charge in [0.25, 0.3) is 0 Å². The molecule has 0 heterocycles. The number of ether oxygens (including phenoxy) is 1. The van der Waals surface area contributed by atoms with Crippen LogP contribution >= 0.6 is 0 Å². The Morgan fingerprint density at radius 2 is 1.75 bits per heavy atom. The molecule has 0 aromatic heterocycles. The molecule has 0 spiro atoms. The Morgan fingerprint density at radius 3 is 2.33 bits per heavy atom. The Kier molecular flexibility index (Phi) is 6.49. The van der Waals surface area contributed by atoms with E-state index in [-0.39, 0.29) is 0 Å². The zero-order valence-corrected chi connectivity index (χ0v) is 14.6. The number of hydrogen-bond donors (Lipinski definition) is 2. The van der Waals surface area contributed by atoms with Crippen LogP contribution < -0.4 is 20.7 Å². The predicted molar refractivity (Wildman–Crippen MR) is 102 cm³/mol. The SMILES string of the molecule is COc1ccc(NC(N)=NCCCc2ccc(N(C)C)cc2)cc1. The van der Waals surface area contributed by atoms with Crippen LogP contribution in [-0.4, -0.2) is 33.7 Å². The molecule has 0 saturated carbocycles. The second-order valence-corrected chi connectivity index (χ2v) is 5.78. The van der Waals surface area contributed by atoms with Crippen molar-refractivity contribution in [3.8, 4) is 5.75 Å². The van der Waals surface area contributed by atoms with Gasteiger partial charge in [0.05, 0.1) is 7.11 Å². The summed E-state index contributed by atoms with van der Waals surface area (Å²) in [5.41, 5.74) is 9.34. The first-order chi connectivity index (χ1) is 11.6. The number of aryl methyl sites for hydroxylation is 1. The Hall–Kier alpha value is -2.69. The van der Waals surface area contributed by atoms with E-state index in [0.29, 0.717) is 12.5 Å². The second-order valence-electron chi connectivity index (χ2n) is 5.78. The number of nitrogens with two attached hydrogens (primary N) is 1. The van der Waals surface area contributed by atoms with Crippen LogP contribution in [0, 0.1) is 0 Å². The van der Waals surface area contributed by atoms with Gasteiger partial charge in [-0.25, -0.2) is 0 Å². The maximum atomic E-state index is 5.91. The molecule has 0 atom stereocenters. The molecule has 0 saturated heterocycles. The van der Waals surface area contributed by atoms with Gasteiger partial charge < -0.3 is 20.7 Å². The lowest BCUT2D eigenvalue weighted by Crippen LogP contribution is -2.22. The number of aliphatic imine (C=N–C) groups is 1. The van der Waals surface area contributed by atoms with E-state index in [9.17, 15) is 0 Å². The number of methoxy groups -OCH3 is 1. The molecule has 24 heavy (non-hydrogen) atoms. The molecule has 0 unspecified atom stereocenters. The zero-order chi connectivity index (χ0) is 17.4. The summed E-state index contributed by atoms with van der Waals surface area (Å²) in [6, 6.07) is 16.2. The Balaban J connectivity index is 1.76. The fraction of sp³-hybridized carbons (Fsp3) is 0.316. The predicted octanol–water partition coefficient (Wildman–Crippen LogP) is 3.12. The van der Waals surface area contributed by atoms with Crippen LogP contribution in [0.4, 0.5) is 11.4 Å². The number of hydrogen-bond acceptors (Lipinski definition) is 3. The van der Waals surface area contributed by atoms with Crippen molar-refractivity contribution in [3.63, 3.8) is 0 Å². The molecule has 0 radical (unpaired) electrons. The molecule has 5 heteroatoms. The van der Waals surface area contributed by atoms with Crippen LogP contribution in [0.2, 0.25) is 0 Å². The molecule has 0 fully saturated rings. The largest absolute Gasteiger partial charge is 0.497 e. The van der Waals surface area contributed by atoms with E-state index in [2.05, 4.69) is 39.5 Å². The molecule has 0 aliphatic carbocycles. The number of nitrogens with one attached hydrogen (secondary N) is 1. The van der Waals surface area contributed by atoms with E-state index < -0.39 is 0 Å². The summed E-state index contributed by atoms with van der Waals surface area (Å²) >= 11 is 0. The first-order valence-corrected chi connectivity index (χ1v) is 8.06. The van der Waals surface area contributed by atoms with Crippen LogP contribution in [0.5, 0.6) is 5.75 Å². The van der Waals surface area contributed by atoms with Crippen LogP contribution in [-0.2, 0) is 6.42 Å². The maximum Gasteiger partial charge on any atom is 0.193 e. The minimum absolute atomic E-state index is 0.433. The molecular weight excluding hydrogens is 300 g/mol. The first-order valence-electron chi connectivity index (χ1n) is 8.06. The van der Waals surface area contributed by atoms with Gasteiger partial charge in [-0.2, -0.15) is 0 Å². The summed E-state index contributed by atoms with van der Waals surface area (Å²) < 4.78 is 5.12. The van der Waals surface area contributed by atoms with Crippen molar-refractivity contribution < 1.29 is 4.74 Å². The third kappa shape index (κ3) is 5.50. The fourth-order valence-corrected chi connectivity index (χ4v) is 2.31. The normalized spacial score (nSPS) is 11.2. The highest BCUT2D eigenvalue weighted by Gasteiger charge is 1.98. The van der Waals surface area contributed by atoms with E-state index in [1.165, 1.54) is 11.3 Å². The third-order valence-corrected chi connectivity index (χ3v) is 3.72. The van der Waals surface area contributed by atoms with Crippen molar-refractivity contribution in [3.05, 3.63) is 54.1 Å². The molecule has 3 N–H and O–H groups in total. The highest BCUT2D eigenvalue weighted by Crippen LogP contribution is 2.15. The van der Waals surface area contributed by atoms with Gasteiger partial charge in [0, 0.05) is 32.0 Å². The van der Waals surface area contributed by atoms with Crippen molar-refractivity contribution in [1.29, 1.82) is 0 Å². The summed E-state index contributed by atoms with van der Waals surface area (Å²) in [6.07, 6.45) is 1.96. The van der Waals surface area contributed by atoms with Gasteiger partial charge in [-0.1, -0.05) is 12.1 Å². The highest BCUT2D eigenvalue weighted by molar-refractivity contribution is 5.92. The van der Waals surface area contributed by atoms with Crippen LogP contribution in [0.25, 0.3) is 0 Å². The molecular formula is C19H26N4O. The van der Waals surface area contributed by atoms with Gasteiger partial charge in [0.1, 0.15) is 5.75 Å². The lowest BCUT2D eigenvalue weighted by atomic mass is 10.1. The number of anilines is 2. The van der Waals surface area contributed by atoms with E-state index >= 15 is 0 Å². The van der Waals surface area contributed by atoms with Gasteiger partial charge in [-0.15, -0.1) is 0 Å². The Labute approximate surface area is 144 Å². The van der Waals surface area contributed by atoms with Crippen molar-refractivity contribution >= 4 is 17.3 Å². The van der Waals surface area contributed by atoms with Crippen molar-refractivity contribution in [2.24, 2.45) is 10.7 Å². The lowest BCUT2D eigenvalue weighted by molar-refractivity contribution is 0.415. The van der Waals surface area contributed by atoms with E-state index in [1.807, 2.05) is 38.4 Å². The lowest BCUT2D eigenvalue weighted by Gasteiger charge is -2.12. The summed E-state index contributed by atoms with van der Waals surface area (Å²) in [4.78, 5) is 6.46. The Bertz CT molecular complexity index is 648. The minimum atomic E-state index is 0.433. The number of benzene rings is 2. The van der Waals surface area contributed by atoms with Crippen LogP contribution in [0.3, 0.4) is 0 Å². The smallest absolute Gasteiger partial charge is 0.193 e. The van der Waals surface area contributed by atoms with E-state index in [0.717, 1.165) is 24.3 Å². The topological polar surface area (TPSA) is 62.9 Å². The van der Waals surface area contributed by atoms with E-state index in [4.69, 9.17) is 10.5 Å². The number of rotatable bonds is 7. The molecule has 0 aliphatic heterocycles. The van der Waals surface area contributed by atoms with E-state index in [1.54, 1.807) is 7.11 Å². The van der Waals surface area contributed by atoms with Crippen molar-refractivity contribution in [1.82, 2.24) is 0 Å². The first kappa shape index (κ1) is 17.7. The highest BCUT2D eigenvalue weighted by atomic mass is 16.5. The summed E-state index contributed by atoms with van der Waals surface area (Å²) in [5, 5.41) is 3.08. The van der Waals surface area contributed by atoms with Crippen LogP contribution in [0.15, 0.2) is 53.5 Å². The molecule has 128 valence electrons. The summed E-state index contributed by atoms with van der Waals surface area (Å²) in [7, 11) is 5.73. The van der Waals surface area contributed by atoms with Gasteiger partial charge in [-0.3, -0.25) is 4.99 Å². The second kappa shape index (κ2) is 8.82. The average Bonchev–Trinajstić information content (AvgIpc) is 2.60. The van der Waals surface area contributed by atoms with Gasteiger partial charge in [0.2, 0.25) is 0 Å². The number of nitrogens with zero attached hydrogens (tertiary/aromatic N) is 2. The summed E-state index contributed by atoms with van der Waals surface area (Å²) in [6.45, 7) is 0.699. The molecule has 0 aliphatic rings. The minimum Gasteiger partial charge on any atom is -0.497 e. The standard InChI is InChI=1S/C19H26N4O/c1-23(2)17-10-6-15(7-11-17)5-4-14-21-19(20)22-16-8-12-18(24-3)13-9-16/h6-13H,4-5,14H2,1-3H3,(H3,20,21,22). The molecule has 2 aromatic carbocycles. The molecule has 2 aromatic rings. The molecule has 5 nitrogen and oxygen atoms in total. The fourth-order valence-electron chi connectivity index (χ4n) is 2.31. The van der Waals surface area contributed by atoms with Gasteiger partial charge in [-0.05, 0) is 54.8 Å². The summed E-state index contributed by atoms with van der Waals surface area (Å²) in [5.74, 6) is 1.25. The monoisotopic (exact) mass is 326 g/mol. The zero-order valence-electron chi connectivity index (χ0n) is 14.6. The average molecular weight is 326 g/mol. The van der Waals surface area contributed by atoms with Crippen molar-refractivity contribution in [2.75, 3.05) is 38.0 Å². The molecule has 0 bridgehead atoms. The van der Waals surface area contributed by atoms with Crippen molar-refractivity contribution in [2.45, 2.75) is 12.8 Å². The number of guanidine groups is 1. The third-order valence-electron chi connectivity index (χ3n) is 3.72. The van der Waals surface area contributed by atoms with Gasteiger partial charge >= 0.3 is 0 Å². The maximum absolute atomic E-state index is 5.91. The quantitative estimate of drug-likeness (QED) is 0.466.